The van der Waals surface area contributed by atoms with Crippen LogP contribution in [0.4, 0.5) is 5.69 Å². The van der Waals surface area contributed by atoms with Crippen LogP contribution in [0.3, 0.4) is 0 Å². The molecule has 0 atom stereocenters. The van der Waals surface area contributed by atoms with Crippen molar-refractivity contribution in [3.63, 3.8) is 0 Å². The van der Waals surface area contributed by atoms with Crippen molar-refractivity contribution in [2.24, 2.45) is 0 Å². The van der Waals surface area contributed by atoms with E-state index in [9.17, 15) is 0 Å². The number of halogens is 1. The maximum Gasteiger partial charge on any atom is 0.124 e. The van der Waals surface area contributed by atoms with Gasteiger partial charge in [0.25, 0.3) is 0 Å². The molecule has 0 unspecified atom stereocenters. The third-order valence-corrected chi connectivity index (χ3v) is 3.88. The zero-order valence-electron chi connectivity index (χ0n) is 10.0. The van der Waals surface area contributed by atoms with Crippen molar-refractivity contribution in [1.29, 1.82) is 0 Å². The van der Waals surface area contributed by atoms with Crippen LogP contribution in [0.15, 0.2) is 53.9 Å². The van der Waals surface area contributed by atoms with Gasteiger partial charge in [0.2, 0.25) is 0 Å². The molecule has 0 amide bonds. The van der Waals surface area contributed by atoms with Gasteiger partial charge in [-0.25, -0.2) is 4.98 Å². The van der Waals surface area contributed by atoms with Crippen molar-refractivity contribution in [2.45, 2.75) is 0 Å². The molecule has 0 saturated carbocycles. The Bertz CT molecular complexity index is 661. The maximum atomic E-state index is 6.00. The van der Waals surface area contributed by atoms with Gasteiger partial charge in [-0.05, 0) is 24.3 Å². The van der Waals surface area contributed by atoms with E-state index in [0.29, 0.717) is 0 Å². The zero-order chi connectivity index (χ0) is 13.2. The maximum absolute atomic E-state index is 6.00. The molecular weight excluding hydrogens is 276 g/mol. The Hall–Kier alpha value is -1.84. The van der Waals surface area contributed by atoms with Crippen LogP contribution in [0.2, 0.25) is 5.02 Å². The van der Waals surface area contributed by atoms with E-state index in [-0.39, 0.29) is 0 Å². The Balaban J connectivity index is 2.00. The molecule has 1 aromatic heterocycles. The molecule has 0 fully saturated rings. The second-order valence-corrected chi connectivity index (χ2v) is 5.47. The van der Waals surface area contributed by atoms with Crippen LogP contribution < -0.4 is 5.73 Å². The SMILES string of the molecule is Nc1cccc(-c2nc(-c3cccc(Cl)c3)cs2)c1. The highest BCUT2D eigenvalue weighted by atomic mass is 35.5. The highest BCUT2D eigenvalue weighted by molar-refractivity contribution is 7.13. The molecule has 0 aliphatic rings. The van der Waals surface area contributed by atoms with E-state index in [1.165, 1.54) is 0 Å². The Morgan fingerprint density at radius 1 is 1.00 bits per heavy atom. The van der Waals surface area contributed by atoms with E-state index in [2.05, 4.69) is 4.98 Å². The van der Waals surface area contributed by atoms with Crippen LogP contribution in [-0.2, 0) is 0 Å². The molecule has 4 heteroatoms. The zero-order valence-corrected chi connectivity index (χ0v) is 11.6. The lowest BCUT2D eigenvalue weighted by Crippen LogP contribution is -1.85. The topological polar surface area (TPSA) is 38.9 Å². The third-order valence-electron chi connectivity index (χ3n) is 2.76. The van der Waals surface area contributed by atoms with Gasteiger partial charge in [-0.1, -0.05) is 35.9 Å². The van der Waals surface area contributed by atoms with E-state index >= 15 is 0 Å². The number of anilines is 1. The van der Waals surface area contributed by atoms with Crippen molar-refractivity contribution < 1.29 is 0 Å². The number of hydrogen-bond acceptors (Lipinski definition) is 3. The molecule has 2 aromatic carbocycles. The first-order chi connectivity index (χ1) is 9.22. The number of nitrogens with two attached hydrogens (primary N) is 1. The summed E-state index contributed by atoms with van der Waals surface area (Å²) in [6, 6.07) is 15.5. The van der Waals surface area contributed by atoms with E-state index in [0.717, 1.165) is 32.5 Å². The molecule has 3 rings (SSSR count). The first-order valence-electron chi connectivity index (χ1n) is 5.80. The summed E-state index contributed by atoms with van der Waals surface area (Å²) in [6.07, 6.45) is 0. The summed E-state index contributed by atoms with van der Waals surface area (Å²) in [4.78, 5) is 4.64. The Morgan fingerprint density at radius 3 is 2.58 bits per heavy atom. The Kier molecular flexibility index (Phi) is 3.23. The summed E-state index contributed by atoms with van der Waals surface area (Å²) < 4.78 is 0. The lowest BCUT2D eigenvalue weighted by Gasteiger charge is -1.98. The van der Waals surface area contributed by atoms with Crippen molar-refractivity contribution in [1.82, 2.24) is 4.98 Å². The Labute approximate surface area is 120 Å². The summed E-state index contributed by atoms with van der Waals surface area (Å²) in [5, 5.41) is 3.71. The molecule has 3 aromatic rings. The molecule has 19 heavy (non-hydrogen) atoms. The minimum Gasteiger partial charge on any atom is -0.399 e. The van der Waals surface area contributed by atoms with E-state index < -0.39 is 0 Å². The molecule has 2 N–H and O–H groups in total. The highest BCUT2D eigenvalue weighted by Crippen LogP contribution is 2.30. The molecule has 0 radical (unpaired) electrons. The predicted octanol–water partition coefficient (Wildman–Crippen LogP) is 4.71. The van der Waals surface area contributed by atoms with Gasteiger partial charge in [0.15, 0.2) is 0 Å². The average Bonchev–Trinajstić information content (AvgIpc) is 2.88. The summed E-state index contributed by atoms with van der Waals surface area (Å²) >= 11 is 7.60. The molecule has 0 aliphatic heterocycles. The van der Waals surface area contributed by atoms with Crippen LogP contribution >= 0.6 is 22.9 Å². The molecule has 94 valence electrons. The summed E-state index contributed by atoms with van der Waals surface area (Å²) in [6.45, 7) is 0. The fourth-order valence-electron chi connectivity index (χ4n) is 1.86. The van der Waals surface area contributed by atoms with Crippen LogP contribution in [0, 0.1) is 0 Å². The average molecular weight is 287 g/mol. The number of aromatic nitrogens is 1. The molecule has 1 heterocycles. The molecule has 0 bridgehead atoms. The molecule has 0 saturated heterocycles. The van der Waals surface area contributed by atoms with Crippen molar-refractivity contribution in [3.8, 4) is 21.8 Å². The van der Waals surface area contributed by atoms with Gasteiger partial charge in [-0.15, -0.1) is 11.3 Å². The summed E-state index contributed by atoms with van der Waals surface area (Å²) in [5.74, 6) is 0. The lowest BCUT2D eigenvalue weighted by atomic mass is 10.2. The number of nitrogens with zero attached hydrogens (tertiary/aromatic N) is 1. The number of nitrogen functional groups attached to an aromatic ring is 1. The van der Waals surface area contributed by atoms with E-state index in [1.807, 2.05) is 53.9 Å². The standard InChI is InChI=1S/C15H11ClN2S/c16-12-5-1-3-10(7-12)14-9-19-15(18-14)11-4-2-6-13(17)8-11/h1-9H,17H2. The lowest BCUT2D eigenvalue weighted by molar-refractivity contribution is 1.40. The highest BCUT2D eigenvalue weighted by Gasteiger charge is 2.07. The van der Waals surface area contributed by atoms with E-state index in [1.54, 1.807) is 11.3 Å². The van der Waals surface area contributed by atoms with Crippen LogP contribution in [0.25, 0.3) is 21.8 Å². The first kappa shape index (κ1) is 12.2. The largest absolute Gasteiger partial charge is 0.399 e. The van der Waals surface area contributed by atoms with Gasteiger partial charge in [-0.2, -0.15) is 0 Å². The molecule has 0 spiro atoms. The van der Waals surface area contributed by atoms with Gasteiger partial charge in [0, 0.05) is 27.2 Å². The third kappa shape index (κ3) is 2.62. The quantitative estimate of drug-likeness (QED) is 0.693. The normalized spacial score (nSPS) is 10.6. The Morgan fingerprint density at radius 2 is 1.79 bits per heavy atom. The van der Waals surface area contributed by atoms with Crippen molar-refractivity contribution >= 4 is 28.6 Å². The second kappa shape index (κ2) is 5.03. The number of hydrogen-bond donors (Lipinski definition) is 1. The minimum absolute atomic E-state index is 0.719. The van der Waals surface area contributed by atoms with Gasteiger partial charge in [0.05, 0.1) is 5.69 Å². The van der Waals surface area contributed by atoms with Gasteiger partial charge < -0.3 is 5.73 Å². The first-order valence-corrected chi connectivity index (χ1v) is 7.05. The summed E-state index contributed by atoms with van der Waals surface area (Å²) in [5.41, 5.74) is 9.54. The number of thiazole rings is 1. The van der Waals surface area contributed by atoms with Gasteiger partial charge >= 0.3 is 0 Å². The monoisotopic (exact) mass is 286 g/mol. The van der Waals surface area contributed by atoms with Crippen molar-refractivity contribution in [2.75, 3.05) is 5.73 Å². The predicted molar refractivity (Wildman–Crippen MR) is 82.4 cm³/mol. The van der Waals surface area contributed by atoms with Crippen LogP contribution in [0.5, 0.6) is 0 Å². The number of rotatable bonds is 2. The second-order valence-electron chi connectivity index (χ2n) is 4.17. The van der Waals surface area contributed by atoms with Crippen molar-refractivity contribution in [3.05, 3.63) is 58.9 Å². The van der Waals surface area contributed by atoms with Crippen LogP contribution in [-0.4, -0.2) is 4.98 Å². The summed E-state index contributed by atoms with van der Waals surface area (Å²) in [7, 11) is 0. The smallest absolute Gasteiger partial charge is 0.124 e. The molecular formula is C15H11ClN2S. The molecule has 2 nitrogen and oxygen atoms in total. The van der Waals surface area contributed by atoms with E-state index in [4.69, 9.17) is 17.3 Å². The fraction of sp³-hybridized carbons (Fsp3) is 0. The van der Waals surface area contributed by atoms with Crippen LogP contribution in [0.1, 0.15) is 0 Å². The molecule has 0 aliphatic carbocycles. The van der Waals surface area contributed by atoms with Gasteiger partial charge in [0.1, 0.15) is 5.01 Å². The van der Waals surface area contributed by atoms with Gasteiger partial charge in [-0.3, -0.25) is 0 Å². The number of benzene rings is 2. The minimum atomic E-state index is 0.719. The fourth-order valence-corrected chi connectivity index (χ4v) is 2.87.